The molecule has 39 heavy (non-hydrogen) atoms. The van der Waals surface area contributed by atoms with Gasteiger partial charge in [0.25, 0.3) is 0 Å². The molecule has 1 unspecified atom stereocenters. The molecular formula is C31H35N3O5. The largest absolute Gasteiger partial charge is 0.494 e. The van der Waals surface area contributed by atoms with Gasteiger partial charge in [0.1, 0.15) is 5.75 Å². The van der Waals surface area contributed by atoms with Crippen molar-refractivity contribution in [3.05, 3.63) is 89.5 Å². The Morgan fingerprint density at radius 2 is 1.82 bits per heavy atom. The summed E-state index contributed by atoms with van der Waals surface area (Å²) >= 11 is 0. The Morgan fingerprint density at radius 3 is 2.56 bits per heavy atom. The van der Waals surface area contributed by atoms with Crippen molar-refractivity contribution < 1.29 is 24.6 Å². The maximum absolute atomic E-state index is 11.0. The predicted molar refractivity (Wildman–Crippen MR) is 154 cm³/mol. The van der Waals surface area contributed by atoms with Gasteiger partial charge in [0.15, 0.2) is 17.7 Å². The molecule has 1 heterocycles. The SMILES string of the molecule is N/C(=N/O)C1CN(CCCC(=O)O)c2cccc(/C=C/c3ccc(OCCCCc4ccccc4)cc3)c2O1. The van der Waals surface area contributed by atoms with Gasteiger partial charge in [-0.1, -0.05) is 71.9 Å². The average Bonchev–Trinajstić information content (AvgIpc) is 2.96. The zero-order valence-corrected chi connectivity index (χ0v) is 21.9. The second-order valence-electron chi connectivity index (χ2n) is 9.46. The number of amidine groups is 1. The summed E-state index contributed by atoms with van der Waals surface area (Å²) in [4.78, 5) is 13.0. The van der Waals surface area contributed by atoms with Crippen molar-refractivity contribution in [2.75, 3.05) is 24.6 Å². The number of hydrogen-bond acceptors (Lipinski definition) is 6. The highest BCUT2D eigenvalue weighted by molar-refractivity contribution is 5.87. The molecule has 0 saturated heterocycles. The summed E-state index contributed by atoms with van der Waals surface area (Å²) in [6.07, 6.45) is 6.98. The fourth-order valence-corrected chi connectivity index (χ4v) is 4.51. The van der Waals surface area contributed by atoms with Crippen LogP contribution in [0, 0.1) is 0 Å². The van der Waals surface area contributed by atoms with Crippen LogP contribution in [0.1, 0.15) is 42.4 Å². The zero-order chi connectivity index (χ0) is 27.5. The average molecular weight is 530 g/mol. The molecular weight excluding hydrogens is 494 g/mol. The number of benzene rings is 3. The van der Waals surface area contributed by atoms with E-state index in [0.717, 1.165) is 41.8 Å². The fraction of sp³-hybridized carbons (Fsp3) is 0.290. The van der Waals surface area contributed by atoms with Crippen LogP contribution >= 0.6 is 0 Å². The van der Waals surface area contributed by atoms with Crippen LogP contribution in [0.3, 0.4) is 0 Å². The molecule has 0 bridgehead atoms. The number of anilines is 1. The van der Waals surface area contributed by atoms with E-state index in [1.54, 1.807) is 0 Å². The first-order valence-corrected chi connectivity index (χ1v) is 13.2. The second kappa shape index (κ2) is 13.9. The van der Waals surface area contributed by atoms with Crippen LogP contribution in [0.15, 0.2) is 78.0 Å². The number of hydrogen-bond donors (Lipinski definition) is 3. The number of carbonyl (C=O) groups is 1. The molecule has 8 heteroatoms. The summed E-state index contributed by atoms with van der Waals surface area (Å²) in [6.45, 7) is 1.56. The summed E-state index contributed by atoms with van der Waals surface area (Å²) < 4.78 is 12.0. The molecule has 0 aliphatic carbocycles. The highest BCUT2D eigenvalue weighted by atomic mass is 16.5. The minimum atomic E-state index is -0.840. The maximum Gasteiger partial charge on any atom is 0.303 e. The summed E-state index contributed by atoms with van der Waals surface area (Å²) in [6, 6.07) is 24.2. The number of rotatable bonds is 13. The number of aliphatic carboxylic acids is 1. The monoisotopic (exact) mass is 529 g/mol. The van der Waals surface area contributed by atoms with Crippen molar-refractivity contribution in [3.8, 4) is 11.5 Å². The highest BCUT2D eigenvalue weighted by Crippen LogP contribution is 2.38. The standard InChI is InChI=1S/C31H35N3O5/c32-31(33-37)28-22-34(20-7-13-29(35)36)27-12-6-11-25(30(27)39-28)17-14-24-15-18-26(19-16-24)38-21-5-4-10-23-8-2-1-3-9-23/h1-3,6,8-9,11-12,14-19,28,37H,4-5,7,10,13,20-22H2,(H2,32,33)(H,35,36)/b17-14+. The molecule has 204 valence electrons. The molecule has 1 aliphatic rings. The molecule has 0 fully saturated rings. The zero-order valence-electron chi connectivity index (χ0n) is 21.9. The Bertz CT molecular complexity index is 1280. The Balaban J connectivity index is 1.37. The molecule has 0 saturated carbocycles. The van der Waals surface area contributed by atoms with Crippen LogP contribution < -0.4 is 20.1 Å². The summed E-state index contributed by atoms with van der Waals surface area (Å²) in [5.41, 5.74) is 9.92. The Labute approximate surface area is 229 Å². The van der Waals surface area contributed by atoms with Crippen LogP contribution in [0.4, 0.5) is 5.69 Å². The van der Waals surface area contributed by atoms with Crippen LogP contribution in [0.2, 0.25) is 0 Å². The second-order valence-corrected chi connectivity index (χ2v) is 9.46. The van der Waals surface area contributed by atoms with E-state index in [-0.39, 0.29) is 12.3 Å². The molecule has 3 aromatic rings. The van der Waals surface area contributed by atoms with Crippen molar-refractivity contribution in [1.82, 2.24) is 0 Å². The van der Waals surface area contributed by atoms with E-state index in [1.165, 1.54) is 5.56 Å². The van der Waals surface area contributed by atoms with Crippen LogP contribution in [0.25, 0.3) is 12.2 Å². The molecule has 8 nitrogen and oxygen atoms in total. The van der Waals surface area contributed by atoms with Crippen molar-refractivity contribution in [2.24, 2.45) is 10.9 Å². The number of aryl methyl sites for hydroxylation is 1. The van der Waals surface area contributed by atoms with Gasteiger partial charge < -0.3 is 30.4 Å². The van der Waals surface area contributed by atoms with Gasteiger partial charge in [0, 0.05) is 18.5 Å². The van der Waals surface area contributed by atoms with Gasteiger partial charge in [-0.3, -0.25) is 4.79 Å². The predicted octanol–water partition coefficient (Wildman–Crippen LogP) is 5.44. The molecule has 4 N–H and O–H groups in total. The first kappa shape index (κ1) is 27.6. The normalized spacial score (nSPS) is 15.1. The number of para-hydroxylation sites is 1. The third-order valence-electron chi connectivity index (χ3n) is 6.58. The lowest BCUT2D eigenvalue weighted by Gasteiger charge is -2.36. The highest BCUT2D eigenvalue weighted by Gasteiger charge is 2.29. The molecule has 0 amide bonds. The van der Waals surface area contributed by atoms with E-state index >= 15 is 0 Å². The molecule has 0 spiro atoms. The molecule has 0 radical (unpaired) electrons. The van der Waals surface area contributed by atoms with Gasteiger partial charge >= 0.3 is 5.97 Å². The smallest absolute Gasteiger partial charge is 0.303 e. The molecule has 1 atom stereocenters. The van der Waals surface area contributed by atoms with E-state index in [2.05, 4.69) is 29.4 Å². The van der Waals surface area contributed by atoms with E-state index < -0.39 is 12.1 Å². The van der Waals surface area contributed by atoms with Crippen molar-refractivity contribution in [1.29, 1.82) is 0 Å². The maximum atomic E-state index is 11.0. The fourth-order valence-electron chi connectivity index (χ4n) is 4.51. The number of carboxylic acids is 1. The van der Waals surface area contributed by atoms with Crippen LogP contribution in [0.5, 0.6) is 11.5 Å². The van der Waals surface area contributed by atoms with Crippen LogP contribution in [-0.4, -0.2) is 47.9 Å². The molecule has 1 aliphatic heterocycles. The minimum absolute atomic E-state index is 0.0293. The first-order chi connectivity index (χ1) is 19.0. The number of fused-ring (bicyclic) bond motifs is 1. The van der Waals surface area contributed by atoms with Crippen molar-refractivity contribution in [2.45, 2.75) is 38.2 Å². The lowest BCUT2D eigenvalue weighted by molar-refractivity contribution is -0.137. The topological polar surface area (TPSA) is 118 Å². The molecule has 0 aromatic heterocycles. The van der Waals surface area contributed by atoms with Gasteiger partial charge in [0.2, 0.25) is 0 Å². The Kier molecular flexibility index (Phi) is 9.83. The van der Waals surface area contributed by atoms with Gasteiger partial charge in [-0.05, 0) is 55.0 Å². The Hall–Kier alpha value is -4.46. The Morgan fingerprint density at radius 1 is 1.03 bits per heavy atom. The van der Waals surface area contributed by atoms with Gasteiger partial charge in [-0.25, -0.2) is 0 Å². The molecule has 3 aromatic carbocycles. The van der Waals surface area contributed by atoms with E-state index in [1.807, 2.05) is 65.6 Å². The number of nitrogens with zero attached hydrogens (tertiary/aromatic N) is 2. The third kappa shape index (κ3) is 8.01. The number of unbranched alkanes of at least 4 members (excludes halogenated alkanes) is 1. The van der Waals surface area contributed by atoms with Gasteiger partial charge in [-0.15, -0.1) is 0 Å². The third-order valence-corrected chi connectivity index (χ3v) is 6.58. The number of oxime groups is 1. The van der Waals surface area contributed by atoms with E-state index in [0.29, 0.717) is 31.9 Å². The molecule has 4 rings (SSSR count). The van der Waals surface area contributed by atoms with Gasteiger partial charge in [-0.2, -0.15) is 0 Å². The van der Waals surface area contributed by atoms with E-state index in [9.17, 15) is 10.0 Å². The van der Waals surface area contributed by atoms with Gasteiger partial charge in [0.05, 0.1) is 18.8 Å². The van der Waals surface area contributed by atoms with E-state index in [4.69, 9.17) is 20.3 Å². The lowest BCUT2D eigenvalue weighted by Crippen LogP contribution is -2.47. The summed E-state index contributed by atoms with van der Waals surface area (Å²) in [5, 5.41) is 21.4. The van der Waals surface area contributed by atoms with Crippen molar-refractivity contribution >= 4 is 29.6 Å². The quantitative estimate of drug-likeness (QED) is 0.0674. The number of carboxylic acid groups (broad SMARTS) is 1. The number of nitrogens with two attached hydrogens (primary N) is 1. The summed E-state index contributed by atoms with van der Waals surface area (Å²) in [7, 11) is 0. The first-order valence-electron chi connectivity index (χ1n) is 13.2. The van der Waals surface area contributed by atoms with Crippen LogP contribution in [-0.2, 0) is 11.2 Å². The lowest BCUT2D eigenvalue weighted by atomic mass is 10.1. The summed E-state index contributed by atoms with van der Waals surface area (Å²) in [5.74, 6) is 0.583. The number of ether oxygens (including phenoxy) is 2. The van der Waals surface area contributed by atoms with Crippen molar-refractivity contribution in [3.63, 3.8) is 0 Å². The minimum Gasteiger partial charge on any atom is -0.494 e.